The quantitative estimate of drug-likeness (QED) is 0.663. The van der Waals surface area contributed by atoms with Gasteiger partial charge in [0.05, 0.1) is 0 Å². The van der Waals surface area contributed by atoms with E-state index < -0.39 is 0 Å². The van der Waals surface area contributed by atoms with Crippen LogP contribution in [0.2, 0.25) is 0 Å². The summed E-state index contributed by atoms with van der Waals surface area (Å²) in [5.74, 6) is 1.82. The molecule has 0 aromatic carbocycles. The van der Waals surface area contributed by atoms with Gasteiger partial charge >= 0.3 is 0 Å². The van der Waals surface area contributed by atoms with E-state index in [1.54, 1.807) is 0 Å². The van der Waals surface area contributed by atoms with Gasteiger partial charge in [-0.25, -0.2) is 0 Å². The van der Waals surface area contributed by atoms with Crippen LogP contribution in [0, 0.1) is 11.8 Å². The first-order chi connectivity index (χ1) is 9.28. The molecule has 3 N–H and O–H groups in total. The standard InChI is InChI=1S/C15H32N4/c1-18-8-3-15(13-18)2-7-17-12-14-4-9-19(10-5-14)11-6-16/h14-15,17H,2-13,16H2,1H3. The normalized spacial score (nSPS) is 27.2. The molecule has 0 aliphatic carbocycles. The fraction of sp³-hybridized carbons (Fsp3) is 1.00. The third kappa shape index (κ3) is 5.38. The zero-order valence-electron chi connectivity index (χ0n) is 12.6. The van der Waals surface area contributed by atoms with Gasteiger partial charge < -0.3 is 20.9 Å². The number of rotatable bonds is 7. The molecule has 1 atom stereocenters. The molecule has 2 heterocycles. The van der Waals surface area contributed by atoms with Crippen LogP contribution in [0.3, 0.4) is 0 Å². The second kappa shape index (κ2) is 8.20. The monoisotopic (exact) mass is 268 g/mol. The summed E-state index contributed by atoms with van der Waals surface area (Å²) in [6.07, 6.45) is 5.45. The Kier molecular flexibility index (Phi) is 6.57. The fourth-order valence-electron chi connectivity index (χ4n) is 3.47. The summed E-state index contributed by atoms with van der Waals surface area (Å²) in [6.45, 7) is 9.41. The minimum absolute atomic E-state index is 0.804. The first-order valence-corrected chi connectivity index (χ1v) is 8.09. The zero-order chi connectivity index (χ0) is 13.5. The minimum atomic E-state index is 0.804. The molecule has 0 saturated carbocycles. The van der Waals surface area contributed by atoms with Gasteiger partial charge in [0.15, 0.2) is 0 Å². The van der Waals surface area contributed by atoms with Crippen molar-refractivity contribution in [1.82, 2.24) is 15.1 Å². The van der Waals surface area contributed by atoms with Crippen molar-refractivity contribution in [3.8, 4) is 0 Å². The van der Waals surface area contributed by atoms with Gasteiger partial charge in [-0.05, 0) is 77.3 Å². The lowest BCUT2D eigenvalue weighted by Crippen LogP contribution is -2.39. The van der Waals surface area contributed by atoms with Gasteiger partial charge in [0.2, 0.25) is 0 Å². The molecule has 2 aliphatic heterocycles. The van der Waals surface area contributed by atoms with E-state index in [0.717, 1.165) is 24.9 Å². The highest BCUT2D eigenvalue weighted by Crippen LogP contribution is 2.18. The molecule has 1 unspecified atom stereocenters. The SMILES string of the molecule is CN1CCC(CCNCC2CCN(CCN)CC2)C1. The van der Waals surface area contributed by atoms with Crippen LogP contribution in [0.15, 0.2) is 0 Å². The summed E-state index contributed by atoms with van der Waals surface area (Å²) in [5, 5.41) is 3.68. The Bertz CT molecular complexity index is 238. The van der Waals surface area contributed by atoms with E-state index in [2.05, 4.69) is 22.2 Å². The molecule has 19 heavy (non-hydrogen) atoms. The summed E-state index contributed by atoms with van der Waals surface area (Å²) in [6, 6.07) is 0. The van der Waals surface area contributed by atoms with Crippen molar-refractivity contribution in [1.29, 1.82) is 0 Å². The van der Waals surface area contributed by atoms with Gasteiger partial charge in [-0.3, -0.25) is 0 Å². The Morgan fingerprint density at radius 1 is 1.11 bits per heavy atom. The number of nitrogens with one attached hydrogen (secondary N) is 1. The molecule has 0 aromatic heterocycles. The van der Waals surface area contributed by atoms with Gasteiger partial charge in [0.1, 0.15) is 0 Å². The lowest BCUT2D eigenvalue weighted by atomic mass is 9.96. The van der Waals surface area contributed by atoms with E-state index in [1.165, 1.54) is 65.0 Å². The Hall–Kier alpha value is -0.160. The number of hydrogen-bond donors (Lipinski definition) is 2. The molecule has 112 valence electrons. The third-order valence-electron chi connectivity index (χ3n) is 4.80. The lowest BCUT2D eigenvalue weighted by molar-refractivity contribution is 0.186. The predicted molar refractivity (Wildman–Crippen MR) is 81.3 cm³/mol. The molecular weight excluding hydrogens is 236 g/mol. The number of piperidine rings is 1. The van der Waals surface area contributed by atoms with Crippen LogP contribution >= 0.6 is 0 Å². The molecule has 2 aliphatic rings. The summed E-state index contributed by atoms with van der Waals surface area (Å²) in [5.41, 5.74) is 5.60. The van der Waals surface area contributed by atoms with E-state index in [4.69, 9.17) is 5.73 Å². The maximum absolute atomic E-state index is 5.60. The van der Waals surface area contributed by atoms with Crippen molar-refractivity contribution in [3.05, 3.63) is 0 Å². The van der Waals surface area contributed by atoms with Gasteiger partial charge in [-0.2, -0.15) is 0 Å². The van der Waals surface area contributed by atoms with Crippen LogP contribution < -0.4 is 11.1 Å². The molecule has 2 saturated heterocycles. The first kappa shape index (κ1) is 15.2. The molecule has 2 rings (SSSR count). The molecule has 2 fully saturated rings. The summed E-state index contributed by atoms with van der Waals surface area (Å²) < 4.78 is 0. The Labute approximate surface area is 118 Å². The van der Waals surface area contributed by atoms with E-state index >= 15 is 0 Å². The van der Waals surface area contributed by atoms with E-state index in [1.807, 2.05) is 0 Å². The molecule has 0 radical (unpaired) electrons. The number of nitrogens with zero attached hydrogens (tertiary/aromatic N) is 2. The Morgan fingerprint density at radius 2 is 1.84 bits per heavy atom. The Morgan fingerprint density at radius 3 is 2.47 bits per heavy atom. The molecule has 0 amide bonds. The van der Waals surface area contributed by atoms with Crippen LogP contribution in [-0.2, 0) is 0 Å². The number of likely N-dealkylation sites (tertiary alicyclic amines) is 2. The van der Waals surface area contributed by atoms with Gasteiger partial charge in [-0.15, -0.1) is 0 Å². The highest BCUT2D eigenvalue weighted by molar-refractivity contribution is 4.76. The smallest absolute Gasteiger partial charge is 0.0105 e. The highest BCUT2D eigenvalue weighted by Gasteiger charge is 2.20. The molecule has 0 bridgehead atoms. The van der Waals surface area contributed by atoms with Crippen LogP contribution in [0.4, 0.5) is 0 Å². The lowest BCUT2D eigenvalue weighted by Gasteiger charge is -2.31. The second-order valence-electron chi connectivity index (χ2n) is 6.48. The van der Waals surface area contributed by atoms with Crippen molar-refractivity contribution in [3.63, 3.8) is 0 Å². The summed E-state index contributed by atoms with van der Waals surface area (Å²) >= 11 is 0. The zero-order valence-corrected chi connectivity index (χ0v) is 12.6. The fourth-order valence-corrected chi connectivity index (χ4v) is 3.47. The summed E-state index contributed by atoms with van der Waals surface area (Å²) in [7, 11) is 2.24. The highest BCUT2D eigenvalue weighted by atomic mass is 15.1. The topological polar surface area (TPSA) is 44.5 Å². The first-order valence-electron chi connectivity index (χ1n) is 8.09. The minimum Gasteiger partial charge on any atom is -0.329 e. The third-order valence-corrected chi connectivity index (χ3v) is 4.80. The summed E-state index contributed by atoms with van der Waals surface area (Å²) in [4.78, 5) is 4.96. The van der Waals surface area contributed by atoms with Crippen molar-refractivity contribution in [2.24, 2.45) is 17.6 Å². The van der Waals surface area contributed by atoms with Gasteiger partial charge in [0.25, 0.3) is 0 Å². The largest absolute Gasteiger partial charge is 0.329 e. The molecule has 0 spiro atoms. The maximum atomic E-state index is 5.60. The average Bonchev–Trinajstić information content (AvgIpc) is 2.83. The molecular formula is C15H32N4. The second-order valence-corrected chi connectivity index (χ2v) is 6.48. The molecule has 0 aromatic rings. The van der Waals surface area contributed by atoms with E-state index in [0.29, 0.717) is 0 Å². The number of nitrogens with two attached hydrogens (primary N) is 1. The van der Waals surface area contributed by atoms with Gasteiger partial charge in [-0.1, -0.05) is 0 Å². The van der Waals surface area contributed by atoms with Crippen LogP contribution in [0.5, 0.6) is 0 Å². The van der Waals surface area contributed by atoms with Gasteiger partial charge in [0, 0.05) is 19.6 Å². The van der Waals surface area contributed by atoms with E-state index in [-0.39, 0.29) is 0 Å². The average molecular weight is 268 g/mol. The maximum Gasteiger partial charge on any atom is 0.0105 e. The van der Waals surface area contributed by atoms with E-state index in [9.17, 15) is 0 Å². The van der Waals surface area contributed by atoms with Crippen molar-refractivity contribution in [2.75, 3.05) is 59.4 Å². The van der Waals surface area contributed by atoms with Crippen molar-refractivity contribution < 1.29 is 0 Å². The van der Waals surface area contributed by atoms with Crippen LogP contribution in [-0.4, -0.2) is 69.2 Å². The molecule has 4 nitrogen and oxygen atoms in total. The van der Waals surface area contributed by atoms with Crippen LogP contribution in [0.1, 0.15) is 25.7 Å². The molecule has 4 heteroatoms. The number of hydrogen-bond acceptors (Lipinski definition) is 4. The van der Waals surface area contributed by atoms with Crippen LogP contribution in [0.25, 0.3) is 0 Å². The van der Waals surface area contributed by atoms with Crippen molar-refractivity contribution >= 4 is 0 Å². The Balaban J connectivity index is 1.48. The van der Waals surface area contributed by atoms with Crippen molar-refractivity contribution in [2.45, 2.75) is 25.7 Å². The predicted octanol–water partition coefficient (Wildman–Crippen LogP) is 0.589.